The molecule has 2 rings (SSSR count). The second-order valence-electron chi connectivity index (χ2n) is 6.39. The molecule has 158 valence electrons. The van der Waals surface area contributed by atoms with Crippen molar-refractivity contribution in [2.75, 3.05) is 11.6 Å². The lowest BCUT2D eigenvalue weighted by Gasteiger charge is -2.14. The normalized spacial score (nSPS) is 12.0. The number of nitro groups is 1. The fraction of sp³-hybridized carbons (Fsp3) is 0.211. The Morgan fingerprint density at radius 1 is 1.10 bits per heavy atom. The van der Waals surface area contributed by atoms with Gasteiger partial charge in [-0.05, 0) is 38.1 Å². The molecule has 0 aliphatic heterocycles. The zero-order valence-corrected chi connectivity index (χ0v) is 17.1. The number of rotatable bonds is 7. The van der Waals surface area contributed by atoms with E-state index in [1.807, 2.05) is 0 Å². The van der Waals surface area contributed by atoms with Gasteiger partial charge in [0.25, 0.3) is 11.6 Å². The molecule has 0 saturated carbocycles. The molecule has 0 unspecified atom stereocenters. The summed E-state index contributed by atoms with van der Waals surface area (Å²) in [5.74, 6) is -1.92. The third kappa shape index (κ3) is 5.47. The molecular weight excluding hydrogens is 416 g/mol. The van der Waals surface area contributed by atoms with Crippen molar-refractivity contribution in [1.29, 1.82) is 0 Å². The third-order valence-corrected chi connectivity index (χ3v) is 5.12. The van der Waals surface area contributed by atoms with Crippen LogP contribution in [0.2, 0.25) is 0 Å². The molecule has 2 aromatic rings. The Hall–Kier alpha value is -3.60. The Bertz CT molecular complexity index is 1140. The highest BCUT2D eigenvalue weighted by Gasteiger charge is 2.26. The average molecular weight is 434 g/mol. The van der Waals surface area contributed by atoms with Crippen LogP contribution in [0.3, 0.4) is 0 Å². The van der Waals surface area contributed by atoms with Crippen LogP contribution in [0.1, 0.15) is 34.6 Å². The van der Waals surface area contributed by atoms with E-state index in [2.05, 4.69) is 5.32 Å². The highest BCUT2D eigenvalue weighted by Crippen LogP contribution is 2.25. The predicted molar refractivity (Wildman–Crippen MR) is 106 cm³/mol. The van der Waals surface area contributed by atoms with E-state index in [-0.39, 0.29) is 11.3 Å². The largest absolute Gasteiger partial charge is 0.449 e. The van der Waals surface area contributed by atoms with Crippen LogP contribution >= 0.6 is 0 Å². The molecular formula is C19H18N2O8S. The van der Waals surface area contributed by atoms with Crippen LogP contribution in [0.25, 0.3) is 0 Å². The Balaban J connectivity index is 2.16. The number of nitrogens with zero attached hydrogens (tertiary/aromatic N) is 1. The topological polar surface area (TPSA) is 150 Å². The summed E-state index contributed by atoms with van der Waals surface area (Å²) in [6.45, 7) is 2.67. The standard InChI is InChI=1S/C19H18N2O8S/c1-11(22)13-5-4-6-15(9-13)20-18(23)12(2)29-19(24)14-7-8-17(30(3,27)28)16(10-14)21(25)26/h4-10,12H,1-3H3,(H,20,23)/t12-/m0/s1. The lowest BCUT2D eigenvalue weighted by Crippen LogP contribution is -2.30. The maximum Gasteiger partial charge on any atom is 0.339 e. The van der Waals surface area contributed by atoms with E-state index in [1.165, 1.54) is 19.9 Å². The van der Waals surface area contributed by atoms with Crippen molar-refractivity contribution < 1.29 is 32.5 Å². The molecule has 11 heteroatoms. The number of anilines is 1. The second kappa shape index (κ2) is 8.82. The summed E-state index contributed by atoms with van der Waals surface area (Å²) in [5, 5.41) is 13.6. The number of benzene rings is 2. The Kier molecular flexibility index (Phi) is 6.67. The highest BCUT2D eigenvalue weighted by atomic mass is 32.2. The van der Waals surface area contributed by atoms with Gasteiger partial charge in [0.15, 0.2) is 21.7 Å². The van der Waals surface area contributed by atoms with Crippen LogP contribution in [0.5, 0.6) is 0 Å². The van der Waals surface area contributed by atoms with Crippen molar-refractivity contribution in [3.8, 4) is 0 Å². The maximum atomic E-state index is 12.3. The molecule has 0 bridgehead atoms. The molecule has 30 heavy (non-hydrogen) atoms. The molecule has 1 N–H and O–H groups in total. The van der Waals surface area contributed by atoms with Crippen molar-refractivity contribution >= 4 is 38.9 Å². The number of sulfone groups is 1. The number of amides is 1. The molecule has 0 fully saturated rings. The van der Waals surface area contributed by atoms with E-state index >= 15 is 0 Å². The van der Waals surface area contributed by atoms with Gasteiger partial charge in [-0.2, -0.15) is 0 Å². The maximum absolute atomic E-state index is 12.3. The zero-order valence-electron chi connectivity index (χ0n) is 16.2. The molecule has 10 nitrogen and oxygen atoms in total. The molecule has 2 aromatic carbocycles. The van der Waals surface area contributed by atoms with Gasteiger partial charge in [-0.3, -0.25) is 19.7 Å². The summed E-state index contributed by atoms with van der Waals surface area (Å²) in [6.07, 6.45) is -0.465. The second-order valence-corrected chi connectivity index (χ2v) is 8.37. The van der Waals surface area contributed by atoms with Crippen LogP contribution in [0.15, 0.2) is 47.4 Å². The highest BCUT2D eigenvalue weighted by molar-refractivity contribution is 7.90. The minimum absolute atomic E-state index is 0.190. The SMILES string of the molecule is CC(=O)c1cccc(NC(=O)[C@H](C)OC(=O)c2ccc(S(C)(=O)=O)c([N+](=O)[O-])c2)c1. The average Bonchev–Trinajstić information content (AvgIpc) is 2.66. The van der Waals surface area contributed by atoms with E-state index < -0.39 is 43.3 Å². The van der Waals surface area contributed by atoms with Gasteiger partial charge in [-0.15, -0.1) is 0 Å². The van der Waals surface area contributed by atoms with E-state index in [9.17, 15) is 32.9 Å². The number of ether oxygens (including phenoxy) is 1. The number of esters is 1. The van der Waals surface area contributed by atoms with Crippen LogP contribution < -0.4 is 5.32 Å². The monoisotopic (exact) mass is 434 g/mol. The third-order valence-electron chi connectivity index (χ3n) is 3.98. The van der Waals surface area contributed by atoms with Crippen molar-refractivity contribution in [2.45, 2.75) is 24.8 Å². The fourth-order valence-corrected chi connectivity index (χ4v) is 3.27. The molecule has 0 aliphatic carbocycles. The van der Waals surface area contributed by atoms with Crippen molar-refractivity contribution in [3.05, 3.63) is 63.7 Å². The van der Waals surface area contributed by atoms with Gasteiger partial charge in [0.2, 0.25) is 0 Å². The summed E-state index contributed by atoms with van der Waals surface area (Å²) >= 11 is 0. The van der Waals surface area contributed by atoms with E-state index in [4.69, 9.17) is 4.74 Å². The quantitative estimate of drug-likeness (QED) is 0.302. The number of nitrogens with one attached hydrogen (secondary N) is 1. The van der Waals surface area contributed by atoms with Gasteiger partial charge in [-0.25, -0.2) is 13.2 Å². The van der Waals surface area contributed by atoms with Crippen molar-refractivity contribution in [2.24, 2.45) is 0 Å². The first-order valence-electron chi connectivity index (χ1n) is 8.51. The summed E-state index contributed by atoms with van der Waals surface area (Å²) in [5.41, 5.74) is -0.350. The van der Waals surface area contributed by atoms with Gasteiger partial charge in [0.05, 0.1) is 10.5 Å². The van der Waals surface area contributed by atoms with Gasteiger partial charge < -0.3 is 10.1 Å². The van der Waals surface area contributed by atoms with Gasteiger partial charge in [0, 0.05) is 23.6 Å². The number of carbonyl (C=O) groups excluding carboxylic acids is 3. The molecule has 0 saturated heterocycles. The Morgan fingerprint density at radius 2 is 1.77 bits per heavy atom. The predicted octanol–water partition coefficient (Wildman–Crippen LogP) is 2.38. The molecule has 1 amide bonds. The Morgan fingerprint density at radius 3 is 2.33 bits per heavy atom. The van der Waals surface area contributed by atoms with Crippen LogP contribution in [0, 0.1) is 10.1 Å². The lowest BCUT2D eigenvalue weighted by atomic mass is 10.1. The first kappa shape index (κ1) is 22.7. The number of nitro benzene ring substituents is 1. The van der Waals surface area contributed by atoms with Gasteiger partial charge in [0.1, 0.15) is 4.90 Å². The number of ketones is 1. The number of Topliss-reactive ketones (excluding diaryl/α,β-unsaturated/α-hetero) is 1. The smallest absolute Gasteiger partial charge is 0.339 e. The molecule has 0 aliphatic rings. The number of carbonyl (C=O) groups is 3. The van der Waals surface area contributed by atoms with Gasteiger partial charge in [-0.1, -0.05) is 12.1 Å². The van der Waals surface area contributed by atoms with Crippen molar-refractivity contribution in [3.63, 3.8) is 0 Å². The molecule has 0 spiro atoms. The molecule has 0 radical (unpaired) electrons. The van der Waals surface area contributed by atoms with E-state index in [0.29, 0.717) is 11.3 Å². The Labute approximate surface area is 171 Å². The molecule has 0 aromatic heterocycles. The lowest BCUT2D eigenvalue weighted by molar-refractivity contribution is -0.387. The number of hydrogen-bond acceptors (Lipinski definition) is 8. The van der Waals surface area contributed by atoms with Crippen LogP contribution in [-0.4, -0.2) is 43.4 Å². The summed E-state index contributed by atoms with van der Waals surface area (Å²) in [4.78, 5) is 45.6. The zero-order chi connectivity index (χ0) is 22.6. The van der Waals surface area contributed by atoms with E-state index in [1.54, 1.807) is 18.2 Å². The minimum Gasteiger partial charge on any atom is -0.449 e. The first-order chi connectivity index (χ1) is 13.9. The van der Waals surface area contributed by atoms with Crippen LogP contribution in [-0.2, 0) is 19.4 Å². The van der Waals surface area contributed by atoms with Crippen LogP contribution in [0.4, 0.5) is 11.4 Å². The summed E-state index contributed by atoms with van der Waals surface area (Å²) in [7, 11) is -3.88. The summed E-state index contributed by atoms with van der Waals surface area (Å²) < 4.78 is 28.3. The minimum atomic E-state index is -3.88. The van der Waals surface area contributed by atoms with Crippen molar-refractivity contribution in [1.82, 2.24) is 0 Å². The van der Waals surface area contributed by atoms with Gasteiger partial charge >= 0.3 is 5.97 Å². The molecule has 0 heterocycles. The molecule has 1 atom stereocenters. The fourth-order valence-electron chi connectivity index (χ4n) is 2.44. The summed E-state index contributed by atoms with van der Waals surface area (Å²) in [6, 6.07) is 8.93. The number of hydrogen-bond donors (Lipinski definition) is 1. The first-order valence-corrected chi connectivity index (χ1v) is 10.4. The van der Waals surface area contributed by atoms with E-state index in [0.717, 1.165) is 24.5 Å².